The van der Waals surface area contributed by atoms with Gasteiger partial charge in [0.2, 0.25) is 0 Å². The highest BCUT2D eigenvalue weighted by Crippen LogP contribution is 2.19. The van der Waals surface area contributed by atoms with E-state index < -0.39 is 0 Å². The summed E-state index contributed by atoms with van der Waals surface area (Å²) in [5, 5.41) is 0. The van der Waals surface area contributed by atoms with E-state index in [0.29, 0.717) is 17.1 Å². The number of methoxy groups -OCH3 is 1. The van der Waals surface area contributed by atoms with Gasteiger partial charge < -0.3 is 19.3 Å². The van der Waals surface area contributed by atoms with Crippen molar-refractivity contribution in [1.82, 2.24) is 9.80 Å². The topological polar surface area (TPSA) is 59.1 Å². The molecule has 0 N–H and O–H groups in total. The molecule has 3 rings (SSSR count). The molecule has 1 saturated heterocycles. The van der Waals surface area contributed by atoms with Crippen molar-refractivity contribution in [3.05, 3.63) is 65.7 Å². The first-order valence-corrected chi connectivity index (χ1v) is 9.61. The maximum absolute atomic E-state index is 12.4. The molecule has 152 valence electrons. The summed E-state index contributed by atoms with van der Waals surface area (Å²) in [4.78, 5) is 28.6. The van der Waals surface area contributed by atoms with Crippen LogP contribution in [0.2, 0.25) is 0 Å². The van der Waals surface area contributed by atoms with E-state index >= 15 is 0 Å². The summed E-state index contributed by atoms with van der Waals surface area (Å²) in [6, 6.07) is 14.3. The fourth-order valence-corrected chi connectivity index (χ4v) is 3.07. The van der Waals surface area contributed by atoms with E-state index in [0.717, 1.165) is 31.7 Å². The van der Waals surface area contributed by atoms with E-state index in [9.17, 15) is 9.59 Å². The number of rotatable bonds is 7. The van der Waals surface area contributed by atoms with E-state index in [-0.39, 0.29) is 18.3 Å². The molecule has 1 aliphatic heterocycles. The highest BCUT2D eigenvalue weighted by Gasteiger charge is 2.19. The Morgan fingerprint density at radius 2 is 1.69 bits per heavy atom. The van der Waals surface area contributed by atoms with Crippen molar-refractivity contribution >= 4 is 17.8 Å². The molecule has 1 aliphatic rings. The van der Waals surface area contributed by atoms with E-state index in [4.69, 9.17) is 9.47 Å². The summed E-state index contributed by atoms with van der Waals surface area (Å²) in [6.45, 7) is 3.22. The smallest absolute Gasteiger partial charge is 0.260 e. The van der Waals surface area contributed by atoms with Gasteiger partial charge in [-0.2, -0.15) is 0 Å². The van der Waals surface area contributed by atoms with Gasteiger partial charge >= 0.3 is 0 Å². The summed E-state index contributed by atoms with van der Waals surface area (Å²) >= 11 is 0. The highest BCUT2D eigenvalue weighted by molar-refractivity contribution is 6.07. The second-order valence-electron chi connectivity index (χ2n) is 6.94. The minimum atomic E-state index is -0.115. The summed E-state index contributed by atoms with van der Waals surface area (Å²) in [7, 11) is 3.65. The number of piperazine rings is 1. The van der Waals surface area contributed by atoms with Gasteiger partial charge in [-0.25, -0.2) is 0 Å². The van der Waals surface area contributed by atoms with Crippen molar-refractivity contribution in [3.63, 3.8) is 0 Å². The fourth-order valence-electron chi connectivity index (χ4n) is 3.07. The molecule has 1 fully saturated rings. The van der Waals surface area contributed by atoms with Crippen molar-refractivity contribution in [2.75, 3.05) is 46.9 Å². The minimum Gasteiger partial charge on any atom is -0.496 e. The zero-order chi connectivity index (χ0) is 20.6. The van der Waals surface area contributed by atoms with E-state index in [1.807, 2.05) is 36.2 Å². The van der Waals surface area contributed by atoms with Crippen LogP contribution in [0.1, 0.15) is 15.9 Å². The Bertz CT molecular complexity index is 869. The maximum Gasteiger partial charge on any atom is 0.260 e. The van der Waals surface area contributed by atoms with Gasteiger partial charge in [-0.05, 0) is 49.5 Å². The van der Waals surface area contributed by atoms with Crippen molar-refractivity contribution in [2.24, 2.45) is 0 Å². The Kier molecular flexibility index (Phi) is 7.03. The second kappa shape index (κ2) is 9.89. The van der Waals surface area contributed by atoms with Crippen LogP contribution in [0.4, 0.5) is 0 Å². The molecule has 29 heavy (non-hydrogen) atoms. The number of amides is 1. The molecule has 1 amide bonds. The van der Waals surface area contributed by atoms with Crippen LogP contribution in [-0.2, 0) is 4.79 Å². The van der Waals surface area contributed by atoms with Crippen LogP contribution in [0.25, 0.3) is 6.08 Å². The van der Waals surface area contributed by atoms with Crippen molar-refractivity contribution in [3.8, 4) is 11.5 Å². The van der Waals surface area contributed by atoms with Gasteiger partial charge in [0, 0.05) is 37.3 Å². The van der Waals surface area contributed by atoms with Gasteiger partial charge in [-0.3, -0.25) is 9.59 Å². The maximum atomic E-state index is 12.4. The number of hydrogen-bond donors (Lipinski definition) is 0. The molecule has 0 radical (unpaired) electrons. The van der Waals surface area contributed by atoms with Crippen LogP contribution in [-0.4, -0.2) is 68.4 Å². The summed E-state index contributed by atoms with van der Waals surface area (Å²) in [5.74, 6) is 1.15. The van der Waals surface area contributed by atoms with Crippen LogP contribution < -0.4 is 9.47 Å². The molecule has 6 heteroatoms. The highest BCUT2D eigenvalue weighted by atomic mass is 16.5. The lowest BCUT2D eigenvalue weighted by Gasteiger charge is -2.32. The van der Waals surface area contributed by atoms with Crippen LogP contribution >= 0.6 is 0 Å². The van der Waals surface area contributed by atoms with Gasteiger partial charge in [-0.1, -0.05) is 18.2 Å². The van der Waals surface area contributed by atoms with Crippen molar-refractivity contribution < 1.29 is 19.1 Å². The molecule has 0 aromatic heterocycles. The predicted molar refractivity (Wildman–Crippen MR) is 112 cm³/mol. The Labute approximate surface area is 171 Å². The fraction of sp³-hybridized carbons (Fsp3) is 0.304. The third-order valence-electron chi connectivity index (χ3n) is 4.91. The average molecular weight is 394 g/mol. The first-order valence-electron chi connectivity index (χ1n) is 9.61. The second-order valence-corrected chi connectivity index (χ2v) is 6.94. The molecule has 0 unspecified atom stereocenters. The first-order chi connectivity index (χ1) is 14.1. The molecule has 2 aromatic rings. The molecule has 6 nitrogen and oxygen atoms in total. The van der Waals surface area contributed by atoms with Gasteiger partial charge in [0.15, 0.2) is 12.4 Å². The lowest BCUT2D eigenvalue weighted by Crippen LogP contribution is -2.48. The molecule has 0 aliphatic carbocycles. The Morgan fingerprint density at radius 1 is 1.00 bits per heavy atom. The lowest BCUT2D eigenvalue weighted by molar-refractivity contribution is -0.134. The molecular weight excluding hydrogens is 368 g/mol. The Hall–Kier alpha value is -3.12. The van der Waals surface area contributed by atoms with Crippen LogP contribution in [0.15, 0.2) is 54.6 Å². The Morgan fingerprint density at radius 3 is 2.38 bits per heavy atom. The molecule has 0 bridgehead atoms. The zero-order valence-electron chi connectivity index (χ0n) is 16.8. The molecule has 0 spiro atoms. The van der Waals surface area contributed by atoms with Gasteiger partial charge in [0.1, 0.15) is 11.5 Å². The average Bonchev–Trinajstić information content (AvgIpc) is 2.76. The number of ether oxygens (including phenoxy) is 2. The molecule has 0 saturated carbocycles. The molecular formula is C23H26N2O4. The molecule has 2 aromatic carbocycles. The van der Waals surface area contributed by atoms with E-state index in [1.54, 1.807) is 37.5 Å². The van der Waals surface area contributed by atoms with Crippen molar-refractivity contribution in [2.45, 2.75) is 0 Å². The SMILES string of the molecule is COc1ccccc1C=CC(=O)c1ccc(OCC(=O)N2CCN(C)CC2)cc1. The zero-order valence-corrected chi connectivity index (χ0v) is 16.8. The van der Waals surface area contributed by atoms with Crippen LogP contribution in [0.5, 0.6) is 11.5 Å². The van der Waals surface area contributed by atoms with Gasteiger partial charge in [-0.15, -0.1) is 0 Å². The standard InChI is InChI=1S/C23H26N2O4/c1-24-13-15-25(16-14-24)23(27)17-29-20-10-7-18(8-11-20)21(26)12-9-19-5-3-4-6-22(19)28-2/h3-12H,13-17H2,1-2H3. The van der Waals surface area contributed by atoms with Gasteiger partial charge in [0.25, 0.3) is 5.91 Å². The predicted octanol–water partition coefficient (Wildman–Crippen LogP) is 2.74. The minimum absolute atomic E-state index is 0.00467. The molecule has 1 heterocycles. The Balaban J connectivity index is 1.53. The first kappa shape index (κ1) is 20.6. The summed E-state index contributed by atoms with van der Waals surface area (Å²) in [5.41, 5.74) is 1.39. The lowest BCUT2D eigenvalue weighted by atomic mass is 10.1. The van der Waals surface area contributed by atoms with Crippen LogP contribution in [0, 0.1) is 0 Å². The molecule has 0 atom stereocenters. The number of benzene rings is 2. The number of para-hydroxylation sites is 1. The number of carbonyl (C=O) groups is 2. The number of likely N-dealkylation sites (N-methyl/N-ethyl adjacent to an activating group) is 1. The number of nitrogens with zero attached hydrogens (tertiary/aromatic N) is 2. The van der Waals surface area contributed by atoms with Crippen LogP contribution in [0.3, 0.4) is 0 Å². The number of hydrogen-bond acceptors (Lipinski definition) is 5. The monoisotopic (exact) mass is 394 g/mol. The summed E-state index contributed by atoms with van der Waals surface area (Å²) in [6.07, 6.45) is 3.25. The van der Waals surface area contributed by atoms with E-state index in [2.05, 4.69) is 4.90 Å². The number of carbonyl (C=O) groups excluding carboxylic acids is 2. The third kappa shape index (κ3) is 5.68. The van der Waals surface area contributed by atoms with Gasteiger partial charge in [0.05, 0.1) is 7.11 Å². The third-order valence-corrected chi connectivity index (χ3v) is 4.91. The number of allylic oxidation sites excluding steroid dienone is 1. The van der Waals surface area contributed by atoms with Crippen molar-refractivity contribution in [1.29, 1.82) is 0 Å². The quantitative estimate of drug-likeness (QED) is 0.534. The summed E-state index contributed by atoms with van der Waals surface area (Å²) < 4.78 is 10.9. The largest absolute Gasteiger partial charge is 0.496 e. The van der Waals surface area contributed by atoms with E-state index in [1.165, 1.54) is 6.08 Å². The number of ketones is 1. The normalized spacial score (nSPS) is 14.8.